The predicted molar refractivity (Wildman–Crippen MR) is 69.0 cm³/mol. The van der Waals surface area contributed by atoms with E-state index in [2.05, 4.69) is 5.32 Å². The first kappa shape index (κ1) is 14.0. The summed E-state index contributed by atoms with van der Waals surface area (Å²) in [4.78, 5) is 11.4. The number of halogens is 1. The molecule has 2 N–H and O–H groups in total. The van der Waals surface area contributed by atoms with Crippen LogP contribution in [0.3, 0.4) is 0 Å². The lowest BCUT2D eigenvalue weighted by atomic mass is 9.98. The van der Waals surface area contributed by atoms with Crippen molar-refractivity contribution in [2.24, 2.45) is 5.92 Å². The van der Waals surface area contributed by atoms with E-state index < -0.39 is 0 Å². The van der Waals surface area contributed by atoms with Gasteiger partial charge in [-0.2, -0.15) is 0 Å². The zero-order valence-corrected chi connectivity index (χ0v) is 10.7. The van der Waals surface area contributed by atoms with Gasteiger partial charge in [0, 0.05) is 18.0 Å². The Bertz CT molecular complexity index is 351. The second-order valence-electron chi connectivity index (χ2n) is 4.21. The first-order valence-corrected chi connectivity index (χ1v) is 6.11. The Labute approximate surface area is 107 Å². The summed E-state index contributed by atoms with van der Waals surface area (Å²) in [6.45, 7) is 2.34. The van der Waals surface area contributed by atoms with Crippen LogP contribution in [0.15, 0.2) is 24.3 Å². The second kappa shape index (κ2) is 7.30. The minimum atomic E-state index is -0.0166. The van der Waals surface area contributed by atoms with E-state index in [0.717, 1.165) is 11.4 Å². The van der Waals surface area contributed by atoms with Crippen LogP contribution in [-0.4, -0.2) is 24.2 Å². The zero-order chi connectivity index (χ0) is 12.7. The van der Waals surface area contributed by atoms with E-state index in [9.17, 15) is 4.79 Å². The van der Waals surface area contributed by atoms with Crippen LogP contribution in [0, 0.1) is 5.92 Å². The van der Waals surface area contributed by atoms with Crippen molar-refractivity contribution in [1.82, 2.24) is 5.32 Å². The van der Waals surface area contributed by atoms with Crippen molar-refractivity contribution in [3.05, 3.63) is 34.9 Å². The molecule has 0 aromatic heterocycles. The van der Waals surface area contributed by atoms with Crippen molar-refractivity contribution in [1.29, 1.82) is 0 Å². The highest BCUT2D eigenvalue weighted by molar-refractivity contribution is 6.30. The van der Waals surface area contributed by atoms with Gasteiger partial charge < -0.3 is 10.4 Å². The summed E-state index contributed by atoms with van der Waals surface area (Å²) in [5.41, 5.74) is 1.18. The second-order valence-corrected chi connectivity index (χ2v) is 4.65. The molecule has 0 radical (unpaired) electrons. The van der Waals surface area contributed by atoms with E-state index in [-0.39, 0.29) is 18.4 Å². The standard InChI is InChI=1S/C13H18ClNO2/c1-10(9-13(17)15-6-7-16)8-11-2-4-12(14)5-3-11/h2-5,10,16H,6-9H2,1H3,(H,15,17). The number of aliphatic hydroxyl groups excluding tert-OH is 1. The minimum absolute atomic E-state index is 0.0134. The van der Waals surface area contributed by atoms with Crippen molar-refractivity contribution in [3.8, 4) is 0 Å². The summed E-state index contributed by atoms with van der Waals surface area (Å²) >= 11 is 5.80. The molecule has 1 amide bonds. The molecule has 1 rings (SSSR count). The van der Waals surface area contributed by atoms with Crippen molar-refractivity contribution >= 4 is 17.5 Å². The maximum absolute atomic E-state index is 11.4. The van der Waals surface area contributed by atoms with E-state index in [1.165, 1.54) is 5.56 Å². The van der Waals surface area contributed by atoms with Crippen molar-refractivity contribution in [3.63, 3.8) is 0 Å². The van der Waals surface area contributed by atoms with Crippen LogP contribution < -0.4 is 5.32 Å². The van der Waals surface area contributed by atoms with Gasteiger partial charge in [0.25, 0.3) is 0 Å². The molecule has 0 aliphatic rings. The summed E-state index contributed by atoms with van der Waals surface area (Å²) in [5, 5.41) is 12.0. The largest absolute Gasteiger partial charge is 0.395 e. The number of hydrogen-bond donors (Lipinski definition) is 2. The molecule has 1 unspecified atom stereocenters. The SMILES string of the molecule is CC(CC(=O)NCCO)Cc1ccc(Cl)cc1. The predicted octanol–water partition coefficient (Wildman–Crippen LogP) is 2.02. The summed E-state index contributed by atoms with van der Waals surface area (Å²) < 4.78 is 0. The third-order valence-electron chi connectivity index (χ3n) is 2.47. The van der Waals surface area contributed by atoms with Gasteiger partial charge in [0.15, 0.2) is 0 Å². The van der Waals surface area contributed by atoms with Gasteiger partial charge in [-0.15, -0.1) is 0 Å². The number of aliphatic hydroxyl groups is 1. The number of carbonyl (C=O) groups is 1. The quantitative estimate of drug-likeness (QED) is 0.817. The van der Waals surface area contributed by atoms with Crippen LogP contribution in [0.4, 0.5) is 0 Å². The highest BCUT2D eigenvalue weighted by Crippen LogP contribution is 2.15. The number of rotatable bonds is 6. The Balaban J connectivity index is 2.36. The van der Waals surface area contributed by atoms with Gasteiger partial charge in [-0.25, -0.2) is 0 Å². The molecule has 0 aliphatic carbocycles. The first-order chi connectivity index (χ1) is 8.11. The van der Waals surface area contributed by atoms with Gasteiger partial charge in [0.2, 0.25) is 5.91 Å². The van der Waals surface area contributed by atoms with E-state index in [0.29, 0.717) is 13.0 Å². The molecule has 1 aromatic rings. The third-order valence-corrected chi connectivity index (χ3v) is 2.72. The average molecular weight is 256 g/mol. The Hall–Kier alpha value is -1.06. The van der Waals surface area contributed by atoms with Crippen LogP contribution in [-0.2, 0) is 11.2 Å². The van der Waals surface area contributed by atoms with E-state index in [1.54, 1.807) is 0 Å². The van der Waals surface area contributed by atoms with Gasteiger partial charge in [-0.05, 0) is 30.0 Å². The molecule has 1 atom stereocenters. The average Bonchev–Trinajstić information content (AvgIpc) is 2.29. The van der Waals surface area contributed by atoms with E-state index in [4.69, 9.17) is 16.7 Å². The topological polar surface area (TPSA) is 49.3 Å². The highest BCUT2D eigenvalue weighted by Gasteiger charge is 2.09. The first-order valence-electron chi connectivity index (χ1n) is 5.74. The number of carbonyl (C=O) groups excluding carboxylic acids is 1. The maximum Gasteiger partial charge on any atom is 0.220 e. The summed E-state index contributed by atoms with van der Waals surface area (Å²) in [5.74, 6) is 0.260. The molecule has 0 saturated heterocycles. The lowest BCUT2D eigenvalue weighted by Gasteiger charge is -2.11. The van der Waals surface area contributed by atoms with E-state index in [1.807, 2.05) is 31.2 Å². The molecule has 94 valence electrons. The molecule has 1 aromatic carbocycles. The molecule has 0 fully saturated rings. The van der Waals surface area contributed by atoms with Crippen molar-refractivity contribution in [2.45, 2.75) is 19.8 Å². The highest BCUT2D eigenvalue weighted by atomic mass is 35.5. The molecule has 0 aliphatic heterocycles. The Morgan fingerprint density at radius 2 is 2.06 bits per heavy atom. The lowest BCUT2D eigenvalue weighted by molar-refractivity contribution is -0.122. The molecule has 0 saturated carbocycles. The van der Waals surface area contributed by atoms with Crippen LogP contribution in [0.5, 0.6) is 0 Å². The summed E-state index contributed by atoms with van der Waals surface area (Å²) in [6, 6.07) is 7.67. The van der Waals surface area contributed by atoms with Crippen LogP contribution in [0.25, 0.3) is 0 Å². The zero-order valence-electron chi connectivity index (χ0n) is 9.95. The van der Waals surface area contributed by atoms with Crippen LogP contribution >= 0.6 is 11.6 Å². The summed E-state index contributed by atoms with van der Waals surface area (Å²) in [6.07, 6.45) is 1.33. The molecule has 4 heteroatoms. The molecule has 17 heavy (non-hydrogen) atoms. The number of nitrogens with one attached hydrogen (secondary N) is 1. The van der Waals surface area contributed by atoms with Gasteiger partial charge >= 0.3 is 0 Å². The lowest BCUT2D eigenvalue weighted by Crippen LogP contribution is -2.28. The Morgan fingerprint density at radius 3 is 2.65 bits per heavy atom. The van der Waals surface area contributed by atoms with Crippen LogP contribution in [0.1, 0.15) is 18.9 Å². The Morgan fingerprint density at radius 1 is 1.41 bits per heavy atom. The van der Waals surface area contributed by atoms with Crippen molar-refractivity contribution < 1.29 is 9.90 Å². The van der Waals surface area contributed by atoms with Gasteiger partial charge in [-0.3, -0.25) is 4.79 Å². The number of hydrogen-bond acceptors (Lipinski definition) is 2. The fourth-order valence-corrected chi connectivity index (χ4v) is 1.80. The van der Waals surface area contributed by atoms with Gasteiger partial charge in [0.05, 0.1) is 6.61 Å². The maximum atomic E-state index is 11.4. The fourth-order valence-electron chi connectivity index (χ4n) is 1.68. The molecule has 3 nitrogen and oxygen atoms in total. The molecule has 0 spiro atoms. The van der Waals surface area contributed by atoms with Crippen molar-refractivity contribution in [2.75, 3.05) is 13.2 Å². The molecule has 0 bridgehead atoms. The van der Waals surface area contributed by atoms with E-state index >= 15 is 0 Å². The van der Waals surface area contributed by atoms with Gasteiger partial charge in [0.1, 0.15) is 0 Å². The summed E-state index contributed by atoms with van der Waals surface area (Å²) in [7, 11) is 0. The smallest absolute Gasteiger partial charge is 0.220 e. The molecule has 0 heterocycles. The third kappa shape index (κ3) is 5.71. The van der Waals surface area contributed by atoms with Gasteiger partial charge in [-0.1, -0.05) is 30.7 Å². The minimum Gasteiger partial charge on any atom is -0.395 e. The fraction of sp³-hybridized carbons (Fsp3) is 0.462. The Kier molecular flexibility index (Phi) is 6.01. The number of amides is 1. The number of benzene rings is 1. The molecular formula is C13H18ClNO2. The van der Waals surface area contributed by atoms with Crippen LogP contribution in [0.2, 0.25) is 5.02 Å². The monoisotopic (exact) mass is 255 g/mol. The molecular weight excluding hydrogens is 238 g/mol. The normalized spacial score (nSPS) is 12.2.